The molecule has 0 bridgehead atoms. The summed E-state index contributed by atoms with van der Waals surface area (Å²) in [7, 11) is 1.91. The number of amides is 1. The maximum atomic E-state index is 12.8. The van der Waals surface area contributed by atoms with Crippen LogP contribution < -0.4 is 0 Å². The summed E-state index contributed by atoms with van der Waals surface area (Å²) in [5.74, 6) is 1.77. The molecule has 0 radical (unpaired) electrons. The molecule has 0 saturated heterocycles. The Kier molecular flexibility index (Phi) is 7.25. The highest BCUT2D eigenvalue weighted by molar-refractivity contribution is 7.99. The summed E-state index contributed by atoms with van der Waals surface area (Å²) in [6, 6.07) is 11.3. The zero-order valence-electron chi connectivity index (χ0n) is 17.6. The fourth-order valence-corrected chi connectivity index (χ4v) is 4.99. The number of hydrogen-bond donors (Lipinski definition) is 0. The van der Waals surface area contributed by atoms with Gasteiger partial charge in [0.1, 0.15) is 0 Å². The van der Waals surface area contributed by atoms with E-state index in [1.54, 1.807) is 12.4 Å². The van der Waals surface area contributed by atoms with E-state index in [0.717, 1.165) is 17.8 Å². The van der Waals surface area contributed by atoms with Gasteiger partial charge in [0.2, 0.25) is 5.91 Å². The SMILES string of the molecule is CN(CC1CCCCC1)C(=O)CSc1nnc(-c2ccncc2)n1-c1ccc(Cl)cc1. The first-order chi connectivity index (χ1) is 15.1. The molecule has 3 aromatic rings. The molecular formula is C23H26ClN5OS. The average Bonchev–Trinajstić information content (AvgIpc) is 3.23. The van der Waals surface area contributed by atoms with Crippen molar-refractivity contribution >= 4 is 29.3 Å². The molecule has 0 aliphatic heterocycles. The minimum Gasteiger partial charge on any atom is -0.345 e. The number of halogens is 1. The predicted molar refractivity (Wildman–Crippen MR) is 125 cm³/mol. The number of nitrogens with zero attached hydrogens (tertiary/aromatic N) is 5. The van der Waals surface area contributed by atoms with Crippen LogP contribution >= 0.6 is 23.4 Å². The summed E-state index contributed by atoms with van der Waals surface area (Å²) in [6.45, 7) is 0.839. The third-order valence-electron chi connectivity index (χ3n) is 5.66. The van der Waals surface area contributed by atoms with Gasteiger partial charge in [-0.15, -0.1) is 10.2 Å². The molecule has 2 aromatic heterocycles. The van der Waals surface area contributed by atoms with Gasteiger partial charge in [-0.25, -0.2) is 0 Å². The first-order valence-electron chi connectivity index (χ1n) is 10.6. The van der Waals surface area contributed by atoms with Gasteiger partial charge < -0.3 is 4.90 Å². The molecule has 0 spiro atoms. The molecule has 1 aliphatic rings. The highest BCUT2D eigenvalue weighted by Gasteiger charge is 2.21. The van der Waals surface area contributed by atoms with E-state index in [1.807, 2.05) is 52.9 Å². The Bertz CT molecular complexity index is 1000. The molecular weight excluding hydrogens is 430 g/mol. The number of benzene rings is 1. The second-order valence-electron chi connectivity index (χ2n) is 7.92. The molecule has 1 aromatic carbocycles. The second kappa shape index (κ2) is 10.3. The third kappa shape index (κ3) is 5.46. The van der Waals surface area contributed by atoms with Crippen molar-refractivity contribution in [1.29, 1.82) is 0 Å². The zero-order valence-corrected chi connectivity index (χ0v) is 19.1. The van der Waals surface area contributed by atoms with Gasteiger partial charge in [0.25, 0.3) is 0 Å². The monoisotopic (exact) mass is 455 g/mol. The van der Waals surface area contributed by atoms with Gasteiger partial charge in [-0.05, 0) is 55.2 Å². The summed E-state index contributed by atoms with van der Waals surface area (Å²) in [4.78, 5) is 18.7. The summed E-state index contributed by atoms with van der Waals surface area (Å²) in [6.07, 6.45) is 9.80. The van der Waals surface area contributed by atoms with Gasteiger partial charge in [-0.2, -0.15) is 0 Å². The van der Waals surface area contributed by atoms with Crippen LogP contribution in [0.3, 0.4) is 0 Å². The number of aromatic nitrogens is 4. The number of hydrogen-bond acceptors (Lipinski definition) is 5. The minimum absolute atomic E-state index is 0.117. The standard InChI is InChI=1S/C23H26ClN5OS/c1-28(15-17-5-3-2-4-6-17)21(30)16-31-23-27-26-22(18-11-13-25-14-12-18)29(23)20-9-7-19(24)8-10-20/h7-14,17H,2-6,15-16H2,1H3. The number of rotatable bonds is 7. The lowest BCUT2D eigenvalue weighted by Gasteiger charge is -2.27. The quantitative estimate of drug-likeness (QED) is 0.463. The minimum atomic E-state index is 0.117. The van der Waals surface area contributed by atoms with Crippen molar-refractivity contribution in [3.05, 3.63) is 53.8 Å². The highest BCUT2D eigenvalue weighted by atomic mass is 35.5. The van der Waals surface area contributed by atoms with Gasteiger partial charge in [0.05, 0.1) is 5.75 Å². The second-order valence-corrected chi connectivity index (χ2v) is 9.30. The largest absolute Gasteiger partial charge is 0.345 e. The van der Waals surface area contributed by atoms with E-state index in [0.29, 0.717) is 27.7 Å². The van der Waals surface area contributed by atoms with Gasteiger partial charge in [-0.3, -0.25) is 14.3 Å². The third-order valence-corrected chi connectivity index (χ3v) is 6.83. The lowest BCUT2D eigenvalue weighted by atomic mass is 9.89. The van der Waals surface area contributed by atoms with Crippen LogP contribution in [0.4, 0.5) is 0 Å². The van der Waals surface area contributed by atoms with Crippen molar-refractivity contribution in [3.8, 4) is 17.1 Å². The first-order valence-corrected chi connectivity index (χ1v) is 12.0. The molecule has 1 amide bonds. The van der Waals surface area contributed by atoms with Gasteiger partial charge in [0, 0.05) is 42.3 Å². The van der Waals surface area contributed by atoms with Crippen LogP contribution in [-0.2, 0) is 4.79 Å². The van der Waals surface area contributed by atoms with Crippen LogP contribution in [-0.4, -0.2) is 49.9 Å². The van der Waals surface area contributed by atoms with E-state index >= 15 is 0 Å². The number of pyridine rings is 1. The van der Waals surface area contributed by atoms with Crippen LogP contribution in [0.15, 0.2) is 53.9 Å². The maximum Gasteiger partial charge on any atom is 0.232 e. The van der Waals surface area contributed by atoms with E-state index in [2.05, 4.69) is 15.2 Å². The summed E-state index contributed by atoms with van der Waals surface area (Å²) >= 11 is 7.49. The molecule has 1 aliphatic carbocycles. The van der Waals surface area contributed by atoms with E-state index < -0.39 is 0 Å². The van der Waals surface area contributed by atoms with E-state index in [9.17, 15) is 4.79 Å². The zero-order chi connectivity index (χ0) is 21.6. The summed E-state index contributed by atoms with van der Waals surface area (Å²) in [5.41, 5.74) is 1.80. The molecule has 162 valence electrons. The van der Waals surface area contributed by atoms with Crippen molar-refractivity contribution < 1.29 is 4.79 Å². The average molecular weight is 456 g/mol. The van der Waals surface area contributed by atoms with Crippen molar-refractivity contribution in [3.63, 3.8) is 0 Å². The summed E-state index contributed by atoms with van der Waals surface area (Å²) in [5, 5.41) is 10.1. The van der Waals surface area contributed by atoms with Crippen molar-refractivity contribution in [2.45, 2.75) is 37.3 Å². The number of carbonyl (C=O) groups excluding carboxylic acids is 1. The van der Waals surface area contributed by atoms with Gasteiger partial charge in [0.15, 0.2) is 11.0 Å². The summed E-state index contributed by atoms with van der Waals surface area (Å²) < 4.78 is 1.96. The fourth-order valence-electron chi connectivity index (χ4n) is 3.97. The molecule has 31 heavy (non-hydrogen) atoms. The topological polar surface area (TPSA) is 63.9 Å². The van der Waals surface area contributed by atoms with Crippen LogP contribution in [0.1, 0.15) is 32.1 Å². The lowest BCUT2D eigenvalue weighted by molar-refractivity contribution is -0.127. The van der Waals surface area contributed by atoms with Crippen LogP contribution in [0, 0.1) is 5.92 Å². The smallest absolute Gasteiger partial charge is 0.232 e. The van der Waals surface area contributed by atoms with E-state index in [-0.39, 0.29) is 5.91 Å². The Morgan fingerprint density at radius 3 is 2.52 bits per heavy atom. The van der Waals surface area contributed by atoms with Crippen LogP contribution in [0.25, 0.3) is 17.1 Å². The Morgan fingerprint density at radius 1 is 1.10 bits per heavy atom. The van der Waals surface area contributed by atoms with E-state index in [4.69, 9.17) is 11.6 Å². The Labute approximate surface area is 192 Å². The number of carbonyl (C=O) groups is 1. The van der Waals surface area contributed by atoms with E-state index in [1.165, 1.54) is 43.9 Å². The Morgan fingerprint density at radius 2 is 1.81 bits per heavy atom. The predicted octanol–water partition coefficient (Wildman–Crippen LogP) is 5.11. The molecule has 0 atom stereocenters. The molecule has 1 saturated carbocycles. The molecule has 4 rings (SSSR count). The lowest BCUT2D eigenvalue weighted by Crippen LogP contribution is -2.33. The fraction of sp³-hybridized carbons (Fsp3) is 0.391. The molecule has 1 fully saturated rings. The molecule has 6 nitrogen and oxygen atoms in total. The first kappa shape index (κ1) is 21.8. The molecule has 2 heterocycles. The van der Waals surface area contributed by atoms with Crippen molar-refractivity contribution in [1.82, 2.24) is 24.6 Å². The molecule has 8 heteroatoms. The van der Waals surface area contributed by atoms with Crippen molar-refractivity contribution in [2.75, 3.05) is 19.3 Å². The Balaban J connectivity index is 1.52. The Hall–Kier alpha value is -2.38. The van der Waals surface area contributed by atoms with Crippen LogP contribution in [0.2, 0.25) is 5.02 Å². The van der Waals surface area contributed by atoms with Crippen LogP contribution in [0.5, 0.6) is 0 Å². The maximum absolute atomic E-state index is 12.8. The highest BCUT2D eigenvalue weighted by Crippen LogP contribution is 2.29. The van der Waals surface area contributed by atoms with Crippen molar-refractivity contribution in [2.24, 2.45) is 5.92 Å². The molecule has 0 N–H and O–H groups in total. The van der Waals surface area contributed by atoms with Gasteiger partial charge >= 0.3 is 0 Å². The normalized spacial score (nSPS) is 14.5. The van der Waals surface area contributed by atoms with Gasteiger partial charge in [-0.1, -0.05) is 42.6 Å². The molecule has 0 unspecified atom stereocenters. The number of thioether (sulfide) groups is 1.